The molecule has 16 nitrogen and oxygen atoms in total. The van der Waals surface area contributed by atoms with Crippen molar-refractivity contribution in [2.45, 2.75) is 77.7 Å². The lowest BCUT2D eigenvalue weighted by Crippen LogP contribution is -2.35. The number of hydrogen-bond donors (Lipinski definition) is 0. The molecule has 0 saturated carbocycles. The van der Waals surface area contributed by atoms with Crippen LogP contribution in [0.1, 0.15) is 84.2 Å². The number of amides is 4. The van der Waals surface area contributed by atoms with Crippen molar-refractivity contribution >= 4 is 53.4 Å². The molecule has 62 heavy (non-hydrogen) atoms. The number of rotatable bonds is 14. The van der Waals surface area contributed by atoms with Gasteiger partial charge in [-0.1, -0.05) is 23.3 Å². The molecule has 0 spiro atoms. The summed E-state index contributed by atoms with van der Waals surface area (Å²) >= 11 is 0. The molecule has 0 aromatic heterocycles. The van der Waals surface area contributed by atoms with E-state index in [-0.39, 0.29) is 69.4 Å². The first-order chi connectivity index (χ1) is 30.0. The van der Waals surface area contributed by atoms with Gasteiger partial charge in [-0.25, -0.2) is 4.79 Å². The summed E-state index contributed by atoms with van der Waals surface area (Å²) in [5.41, 5.74) is 5.58. The van der Waals surface area contributed by atoms with Crippen molar-refractivity contribution in [3.05, 3.63) is 88.0 Å². The number of benzene rings is 3. The summed E-state index contributed by atoms with van der Waals surface area (Å²) in [7, 11) is 3.02. The van der Waals surface area contributed by atoms with Crippen LogP contribution in [0.5, 0.6) is 28.7 Å². The number of hydrogen-bond acceptors (Lipinski definition) is 13. The van der Waals surface area contributed by atoms with E-state index < -0.39 is 17.8 Å². The van der Waals surface area contributed by atoms with Crippen molar-refractivity contribution in [3.63, 3.8) is 0 Å². The maximum Gasteiger partial charge on any atom is 0.333 e. The molecule has 322 valence electrons. The fraction of sp³-hybridized carbons (Fsp3) is 0.370. The van der Waals surface area contributed by atoms with Crippen molar-refractivity contribution < 1.29 is 52.5 Å². The van der Waals surface area contributed by atoms with Gasteiger partial charge in [0.1, 0.15) is 19.0 Å². The van der Waals surface area contributed by atoms with Crippen LogP contribution < -0.4 is 23.7 Å². The van der Waals surface area contributed by atoms with Gasteiger partial charge in [0.05, 0.1) is 61.8 Å². The maximum atomic E-state index is 13.6. The van der Waals surface area contributed by atoms with Crippen molar-refractivity contribution in [1.82, 2.24) is 14.9 Å². The largest absolute Gasteiger partial charge is 0.494 e. The van der Waals surface area contributed by atoms with Gasteiger partial charge >= 0.3 is 5.97 Å². The van der Waals surface area contributed by atoms with E-state index in [1.165, 1.54) is 25.4 Å². The summed E-state index contributed by atoms with van der Waals surface area (Å²) in [5.74, 6) is -0.0974. The number of fused-ring (bicyclic) bond motifs is 4. The standard InChI is InChI=1S/C46H47N5O11/c1-5-27-13-31-21-47-36-19-40(38(57-3)17-34(36)45(55)49(31)23-27)60-25-29-12-30(16-33(15-29)59-11-7-8-44(54)62-51-42(52)9-10-43(51)53)26-61-41-20-37-35(18-39(41)58-4)46(56)50-24-28(6-2)14-32(50)22-48-37/h5-6,12,15-22,31-32H,7-11,13-14,23-26H2,1-4H3/b27-5+,28-6+/t31-,32-/m0/s1. The molecular formula is C46H47N5O11. The predicted octanol–water partition coefficient (Wildman–Crippen LogP) is 6.38. The third-order valence-electron chi connectivity index (χ3n) is 11.4. The van der Waals surface area contributed by atoms with Crippen LogP contribution in [0.15, 0.2) is 75.7 Å². The number of ether oxygens (including phenoxy) is 5. The average molecular weight is 846 g/mol. The second-order valence-corrected chi connectivity index (χ2v) is 15.5. The Labute approximate surface area is 358 Å². The van der Waals surface area contributed by atoms with Crippen LogP contribution in [0.2, 0.25) is 0 Å². The Morgan fingerprint density at radius 2 is 1.18 bits per heavy atom. The molecule has 2 atom stereocenters. The maximum absolute atomic E-state index is 13.6. The van der Waals surface area contributed by atoms with Crippen LogP contribution in [0, 0.1) is 0 Å². The molecule has 16 heteroatoms. The Morgan fingerprint density at radius 1 is 0.677 bits per heavy atom. The van der Waals surface area contributed by atoms with Crippen LogP contribution in [-0.2, 0) is 32.4 Å². The van der Waals surface area contributed by atoms with E-state index in [4.69, 9.17) is 28.5 Å². The Balaban J connectivity index is 1.01. The first kappa shape index (κ1) is 41.8. The van der Waals surface area contributed by atoms with E-state index in [1.54, 1.807) is 48.8 Å². The minimum Gasteiger partial charge on any atom is -0.494 e. The third kappa shape index (κ3) is 8.62. The Hall–Kier alpha value is -6.97. The number of nitrogens with zero attached hydrogens (tertiary/aromatic N) is 5. The summed E-state index contributed by atoms with van der Waals surface area (Å²) in [4.78, 5) is 81.4. The minimum absolute atomic E-state index is 0.00896. The zero-order valence-electron chi connectivity index (χ0n) is 35.0. The molecule has 5 aliphatic rings. The van der Waals surface area contributed by atoms with Crippen LogP contribution in [0.25, 0.3) is 0 Å². The summed E-state index contributed by atoms with van der Waals surface area (Å²) in [6, 6.07) is 12.0. The third-order valence-corrected chi connectivity index (χ3v) is 11.4. The number of aliphatic imine (C=N–C) groups is 2. The molecule has 4 amide bonds. The van der Waals surface area contributed by atoms with Gasteiger partial charge in [-0.3, -0.25) is 29.2 Å². The number of allylic oxidation sites excluding steroid dienone is 2. The van der Waals surface area contributed by atoms with Gasteiger partial charge in [-0.15, -0.1) is 5.06 Å². The molecule has 3 aromatic carbocycles. The van der Waals surface area contributed by atoms with E-state index in [1.807, 2.05) is 41.9 Å². The highest BCUT2D eigenvalue weighted by molar-refractivity contribution is 6.05. The van der Waals surface area contributed by atoms with Crippen LogP contribution in [-0.4, -0.2) is 103 Å². The zero-order chi connectivity index (χ0) is 43.5. The first-order valence-corrected chi connectivity index (χ1v) is 20.6. The molecule has 3 fully saturated rings. The molecule has 3 saturated heterocycles. The van der Waals surface area contributed by atoms with Crippen LogP contribution in [0.3, 0.4) is 0 Å². The van der Waals surface area contributed by atoms with Crippen molar-refractivity contribution in [2.24, 2.45) is 9.98 Å². The summed E-state index contributed by atoms with van der Waals surface area (Å²) in [5, 5.41) is 0.525. The quantitative estimate of drug-likeness (QED) is 0.100. The molecular weight excluding hydrogens is 799 g/mol. The molecule has 0 unspecified atom stereocenters. The second-order valence-electron chi connectivity index (χ2n) is 15.5. The summed E-state index contributed by atoms with van der Waals surface area (Å²) in [6.45, 7) is 5.27. The van der Waals surface area contributed by atoms with Gasteiger partial charge in [0.2, 0.25) is 0 Å². The molecule has 0 bridgehead atoms. The fourth-order valence-corrected chi connectivity index (χ4v) is 8.04. The van der Waals surface area contributed by atoms with Gasteiger partial charge in [-0.2, -0.15) is 0 Å². The van der Waals surface area contributed by atoms with Gasteiger partial charge in [0, 0.05) is 50.5 Å². The topological polar surface area (TPSA) is 175 Å². The Morgan fingerprint density at radius 3 is 1.65 bits per heavy atom. The van der Waals surface area contributed by atoms with E-state index >= 15 is 0 Å². The van der Waals surface area contributed by atoms with E-state index in [0.29, 0.717) is 80.5 Å². The van der Waals surface area contributed by atoms with Crippen molar-refractivity contribution in [2.75, 3.05) is 33.9 Å². The van der Waals surface area contributed by atoms with E-state index in [9.17, 15) is 24.0 Å². The number of carbonyl (C=O) groups excluding carboxylic acids is 5. The highest BCUT2D eigenvalue weighted by Crippen LogP contribution is 2.41. The van der Waals surface area contributed by atoms with Gasteiger partial charge in [0.25, 0.3) is 23.6 Å². The van der Waals surface area contributed by atoms with Gasteiger partial charge < -0.3 is 38.3 Å². The van der Waals surface area contributed by atoms with E-state index in [0.717, 1.165) is 12.8 Å². The van der Waals surface area contributed by atoms with Crippen LogP contribution >= 0.6 is 0 Å². The number of carbonyl (C=O) groups is 5. The second kappa shape index (κ2) is 17.9. The highest BCUT2D eigenvalue weighted by atomic mass is 16.7. The normalized spacial score (nSPS) is 20.2. The van der Waals surface area contributed by atoms with Crippen molar-refractivity contribution in [1.29, 1.82) is 0 Å². The summed E-state index contributed by atoms with van der Waals surface area (Å²) in [6.07, 6.45) is 9.33. The Bertz CT molecular complexity index is 2300. The van der Waals surface area contributed by atoms with Gasteiger partial charge in [-0.05, 0) is 74.6 Å². The lowest BCUT2D eigenvalue weighted by Gasteiger charge is -2.20. The molecule has 5 aliphatic heterocycles. The fourth-order valence-electron chi connectivity index (χ4n) is 8.04. The first-order valence-electron chi connectivity index (χ1n) is 20.6. The average Bonchev–Trinajstić information content (AvgIpc) is 3.95. The molecule has 5 heterocycles. The lowest BCUT2D eigenvalue weighted by molar-refractivity contribution is -0.197. The molecule has 0 radical (unpaired) electrons. The minimum atomic E-state index is -0.721. The number of hydroxylamine groups is 2. The molecule has 3 aromatic rings. The molecule has 8 rings (SSSR count). The summed E-state index contributed by atoms with van der Waals surface area (Å²) < 4.78 is 30.2. The monoisotopic (exact) mass is 845 g/mol. The highest BCUT2D eigenvalue weighted by Gasteiger charge is 2.36. The number of imide groups is 1. The SMILES string of the molecule is C/C=C1\C[C@H]2C=Nc3cc(OCc4cc(COc5cc6c(cc5OC)C(=O)N5C/C(=C/C)C[C@H]5C=N6)cc(OCCCC(=O)ON5C(=O)CCC5=O)c4)c(OC)cc3C(=O)N2C1. The zero-order valence-corrected chi connectivity index (χ0v) is 35.0. The Kier molecular flexibility index (Phi) is 12.1. The molecule has 0 aliphatic carbocycles. The van der Waals surface area contributed by atoms with Gasteiger partial charge in [0.15, 0.2) is 23.0 Å². The lowest BCUT2D eigenvalue weighted by atomic mass is 10.1. The van der Waals surface area contributed by atoms with E-state index in [2.05, 4.69) is 9.98 Å². The van der Waals surface area contributed by atoms with Crippen molar-refractivity contribution in [3.8, 4) is 28.7 Å². The predicted molar refractivity (Wildman–Crippen MR) is 226 cm³/mol. The smallest absolute Gasteiger partial charge is 0.333 e. The number of methoxy groups -OCH3 is 2. The van der Waals surface area contributed by atoms with Crippen LogP contribution in [0.4, 0.5) is 11.4 Å². The molecule has 0 N–H and O–H groups in total.